The van der Waals surface area contributed by atoms with Gasteiger partial charge in [0.1, 0.15) is 0 Å². The Labute approximate surface area is 365 Å². The van der Waals surface area contributed by atoms with Crippen LogP contribution in [0.3, 0.4) is 0 Å². The van der Waals surface area contributed by atoms with Gasteiger partial charge in [-0.3, -0.25) is 0 Å². The van der Waals surface area contributed by atoms with E-state index in [-0.39, 0.29) is 0 Å². The number of thiophene rings is 1. The van der Waals surface area contributed by atoms with Crippen molar-refractivity contribution in [2.75, 3.05) is 0 Å². The second kappa shape index (κ2) is 14.8. The number of hydrogen-bond donors (Lipinski definition) is 0. The molecule has 12 rings (SSSR count). The molecule has 0 saturated carbocycles. The maximum absolute atomic E-state index is 5.37. The van der Waals surface area contributed by atoms with E-state index >= 15 is 0 Å². The SMILES string of the molecule is c1ccc(-c2cc(-c3ccc4c(c3)sc3ccccc34)cc(-c3cc(-c4ccc5c(c4)C(c4ccccc4)(c4ccccc4)c4ccccc4-5)nc(-c4ccccc4)n3)c2)cc1. The number of fused-ring (bicyclic) bond motifs is 6. The summed E-state index contributed by atoms with van der Waals surface area (Å²) < 4.78 is 2.59. The predicted molar refractivity (Wildman–Crippen MR) is 259 cm³/mol. The van der Waals surface area contributed by atoms with Crippen molar-refractivity contribution < 1.29 is 0 Å². The van der Waals surface area contributed by atoms with Gasteiger partial charge in [-0.25, -0.2) is 9.97 Å². The fraction of sp³-hybridized carbons (Fsp3) is 0.0169. The molecule has 1 aliphatic carbocycles. The Morgan fingerprint density at radius 2 is 0.839 bits per heavy atom. The molecule has 1 aliphatic rings. The molecule has 0 amide bonds. The summed E-state index contributed by atoms with van der Waals surface area (Å²) in [5, 5.41) is 2.60. The molecule has 3 heteroatoms. The first-order chi connectivity index (χ1) is 30.7. The van der Waals surface area contributed by atoms with E-state index in [2.05, 4.69) is 224 Å². The molecule has 0 saturated heterocycles. The van der Waals surface area contributed by atoms with Crippen LogP contribution in [-0.2, 0) is 5.41 Å². The Hall–Kier alpha value is -7.72. The average Bonchev–Trinajstić information content (AvgIpc) is 3.88. The van der Waals surface area contributed by atoms with Gasteiger partial charge in [0.2, 0.25) is 0 Å². The highest BCUT2D eigenvalue weighted by atomic mass is 32.1. The summed E-state index contributed by atoms with van der Waals surface area (Å²) >= 11 is 1.85. The van der Waals surface area contributed by atoms with Crippen molar-refractivity contribution in [1.82, 2.24) is 9.97 Å². The van der Waals surface area contributed by atoms with Crippen molar-refractivity contribution in [1.29, 1.82) is 0 Å². The molecule has 2 heterocycles. The first-order valence-electron chi connectivity index (χ1n) is 21.1. The summed E-state index contributed by atoms with van der Waals surface area (Å²) in [5.74, 6) is 0.692. The van der Waals surface area contributed by atoms with E-state index in [1.807, 2.05) is 17.4 Å². The minimum Gasteiger partial charge on any atom is -0.228 e. The van der Waals surface area contributed by atoms with E-state index in [0.717, 1.165) is 44.8 Å². The third kappa shape index (κ3) is 5.93. The lowest BCUT2D eigenvalue weighted by atomic mass is 9.67. The Balaban J connectivity index is 1.08. The highest BCUT2D eigenvalue weighted by Crippen LogP contribution is 2.56. The van der Waals surface area contributed by atoms with Crippen molar-refractivity contribution >= 4 is 31.5 Å². The van der Waals surface area contributed by atoms with Crippen LogP contribution in [0.25, 0.3) is 87.5 Å². The standard InChI is InChI=1S/C59H38N2S/c1-5-17-39(18-6-1)43-33-44(41-29-32-51-50-26-14-16-28-56(50)62-57(51)37-41)35-45(34-43)55-38-54(60-58(61-55)40-19-7-2-8-20-40)42-30-31-49-48-25-13-15-27-52(48)59(53(49)36-42,46-21-9-3-10-22-46)47-23-11-4-12-24-47/h1-38H. The number of hydrogen-bond acceptors (Lipinski definition) is 3. The minimum atomic E-state index is -0.517. The summed E-state index contributed by atoms with van der Waals surface area (Å²) in [6.45, 7) is 0. The first kappa shape index (κ1) is 36.2. The quantitative estimate of drug-likeness (QED) is 0.160. The molecule has 9 aromatic carbocycles. The van der Waals surface area contributed by atoms with E-state index in [1.165, 1.54) is 59.1 Å². The first-order valence-corrected chi connectivity index (χ1v) is 22.0. The molecule has 0 spiro atoms. The van der Waals surface area contributed by atoms with Crippen molar-refractivity contribution in [3.8, 4) is 67.3 Å². The van der Waals surface area contributed by atoms with Gasteiger partial charge in [-0.1, -0.05) is 188 Å². The maximum Gasteiger partial charge on any atom is 0.160 e. The molecule has 0 fully saturated rings. The molecule has 0 unspecified atom stereocenters. The lowest BCUT2D eigenvalue weighted by Gasteiger charge is -2.34. The highest BCUT2D eigenvalue weighted by molar-refractivity contribution is 7.25. The van der Waals surface area contributed by atoms with Crippen molar-refractivity contribution in [2.24, 2.45) is 0 Å². The van der Waals surface area contributed by atoms with Crippen LogP contribution in [0.5, 0.6) is 0 Å². The lowest BCUT2D eigenvalue weighted by molar-refractivity contribution is 0.768. The van der Waals surface area contributed by atoms with E-state index in [1.54, 1.807) is 0 Å². The Kier molecular flexibility index (Phi) is 8.62. The normalized spacial score (nSPS) is 12.6. The Morgan fingerprint density at radius 1 is 0.306 bits per heavy atom. The van der Waals surface area contributed by atoms with Gasteiger partial charge in [-0.15, -0.1) is 11.3 Å². The molecule has 0 bridgehead atoms. The van der Waals surface area contributed by atoms with Gasteiger partial charge < -0.3 is 0 Å². The zero-order valence-corrected chi connectivity index (χ0v) is 34.6. The Bertz CT molecular complexity index is 3410. The zero-order chi connectivity index (χ0) is 41.0. The van der Waals surface area contributed by atoms with E-state index < -0.39 is 5.41 Å². The molecule has 62 heavy (non-hydrogen) atoms. The summed E-state index contributed by atoms with van der Waals surface area (Å²) in [6, 6.07) is 83.5. The maximum atomic E-state index is 5.37. The Morgan fingerprint density at radius 3 is 1.56 bits per heavy atom. The molecule has 2 nitrogen and oxygen atoms in total. The zero-order valence-electron chi connectivity index (χ0n) is 33.7. The van der Waals surface area contributed by atoms with Gasteiger partial charge in [0.05, 0.1) is 16.8 Å². The van der Waals surface area contributed by atoms with Crippen LogP contribution in [0, 0.1) is 0 Å². The van der Waals surface area contributed by atoms with Crippen molar-refractivity contribution in [2.45, 2.75) is 5.41 Å². The van der Waals surface area contributed by atoms with Gasteiger partial charge in [-0.2, -0.15) is 0 Å². The smallest absolute Gasteiger partial charge is 0.160 e. The fourth-order valence-electron chi connectivity index (χ4n) is 9.71. The number of benzene rings is 9. The van der Waals surface area contributed by atoms with Crippen LogP contribution in [0.2, 0.25) is 0 Å². The van der Waals surface area contributed by atoms with Crippen LogP contribution in [0.1, 0.15) is 22.3 Å². The van der Waals surface area contributed by atoms with Gasteiger partial charge in [0.25, 0.3) is 0 Å². The topological polar surface area (TPSA) is 25.8 Å². The van der Waals surface area contributed by atoms with Gasteiger partial charge in [0.15, 0.2) is 5.82 Å². The molecule has 0 N–H and O–H groups in total. The summed E-state index contributed by atoms with van der Waals surface area (Å²) in [7, 11) is 0. The molecule has 0 radical (unpaired) electrons. The van der Waals surface area contributed by atoms with E-state index in [4.69, 9.17) is 9.97 Å². The van der Waals surface area contributed by atoms with Crippen LogP contribution in [0.4, 0.5) is 0 Å². The van der Waals surface area contributed by atoms with Crippen molar-refractivity contribution in [3.63, 3.8) is 0 Å². The van der Waals surface area contributed by atoms with Crippen LogP contribution < -0.4 is 0 Å². The second-order valence-electron chi connectivity index (χ2n) is 16.1. The predicted octanol–water partition coefficient (Wildman–Crippen LogP) is 15.5. The monoisotopic (exact) mass is 806 g/mol. The molecular weight excluding hydrogens is 769 g/mol. The summed E-state index contributed by atoms with van der Waals surface area (Å²) in [5.41, 5.74) is 16.4. The van der Waals surface area contributed by atoms with Crippen LogP contribution >= 0.6 is 11.3 Å². The van der Waals surface area contributed by atoms with Gasteiger partial charge >= 0.3 is 0 Å². The van der Waals surface area contributed by atoms with Crippen LogP contribution in [0.15, 0.2) is 231 Å². The number of nitrogens with zero attached hydrogens (tertiary/aromatic N) is 2. The van der Waals surface area contributed by atoms with Crippen molar-refractivity contribution in [3.05, 3.63) is 253 Å². The highest BCUT2D eigenvalue weighted by Gasteiger charge is 2.46. The average molecular weight is 807 g/mol. The molecular formula is C59H38N2S. The van der Waals surface area contributed by atoms with E-state index in [9.17, 15) is 0 Å². The minimum absolute atomic E-state index is 0.517. The molecule has 290 valence electrons. The molecule has 0 atom stereocenters. The molecule has 11 aromatic rings. The molecule has 2 aromatic heterocycles. The summed E-state index contributed by atoms with van der Waals surface area (Å²) in [6.07, 6.45) is 0. The number of rotatable bonds is 7. The molecule has 0 aliphatic heterocycles. The van der Waals surface area contributed by atoms with Gasteiger partial charge in [0, 0.05) is 36.9 Å². The largest absolute Gasteiger partial charge is 0.228 e. The third-order valence-electron chi connectivity index (χ3n) is 12.6. The summed E-state index contributed by atoms with van der Waals surface area (Å²) in [4.78, 5) is 10.7. The second-order valence-corrected chi connectivity index (χ2v) is 17.2. The lowest BCUT2D eigenvalue weighted by Crippen LogP contribution is -2.28. The fourth-order valence-corrected chi connectivity index (χ4v) is 10.9. The van der Waals surface area contributed by atoms with E-state index in [0.29, 0.717) is 5.82 Å². The van der Waals surface area contributed by atoms with Crippen LogP contribution in [-0.4, -0.2) is 9.97 Å². The number of aromatic nitrogens is 2. The van der Waals surface area contributed by atoms with Gasteiger partial charge in [-0.05, 0) is 98.1 Å². The third-order valence-corrected chi connectivity index (χ3v) is 13.7.